The first-order valence-corrected chi connectivity index (χ1v) is 12.7. The van der Waals surface area contributed by atoms with Gasteiger partial charge in [-0.05, 0) is 92.4 Å². The molecule has 0 aliphatic heterocycles. The Morgan fingerprint density at radius 2 is 1.36 bits per heavy atom. The molecule has 0 bridgehead atoms. The van der Waals surface area contributed by atoms with Gasteiger partial charge in [0.25, 0.3) is 0 Å². The van der Waals surface area contributed by atoms with E-state index in [0.717, 1.165) is 31.8 Å². The van der Waals surface area contributed by atoms with Crippen molar-refractivity contribution in [2.24, 2.45) is 0 Å². The summed E-state index contributed by atoms with van der Waals surface area (Å²) in [6, 6.07) is 17.4. The van der Waals surface area contributed by atoms with E-state index >= 15 is 0 Å². The molecule has 0 atom stereocenters. The second-order valence-corrected chi connectivity index (χ2v) is 8.69. The smallest absolute Gasteiger partial charge is 0.343 e. The molecule has 0 fully saturated rings. The number of benzene rings is 3. The number of rotatable bonds is 14. The van der Waals surface area contributed by atoms with Crippen LogP contribution < -0.4 is 18.9 Å². The van der Waals surface area contributed by atoms with Crippen molar-refractivity contribution in [3.8, 4) is 23.0 Å². The third-order valence-corrected chi connectivity index (χ3v) is 5.69. The van der Waals surface area contributed by atoms with Crippen molar-refractivity contribution in [2.45, 2.75) is 25.7 Å². The van der Waals surface area contributed by atoms with Crippen LogP contribution in [0.4, 0.5) is 0 Å². The van der Waals surface area contributed by atoms with E-state index in [9.17, 15) is 14.4 Å². The summed E-state index contributed by atoms with van der Waals surface area (Å²) in [7, 11) is 1.41. The van der Waals surface area contributed by atoms with Crippen LogP contribution in [0.2, 0.25) is 5.02 Å². The summed E-state index contributed by atoms with van der Waals surface area (Å²) in [4.78, 5) is 36.1. The minimum Gasteiger partial charge on any atom is -0.494 e. The molecule has 3 aromatic rings. The highest BCUT2D eigenvalue weighted by Crippen LogP contribution is 2.30. The van der Waals surface area contributed by atoms with Crippen LogP contribution in [0.25, 0.3) is 0 Å². The lowest BCUT2D eigenvalue weighted by Gasteiger charge is -2.11. The lowest BCUT2D eigenvalue weighted by Crippen LogP contribution is -2.11. The Hall–Kier alpha value is -4.30. The van der Waals surface area contributed by atoms with Crippen LogP contribution >= 0.6 is 11.6 Å². The maximum atomic E-state index is 12.7. The average Bonchev–Trinajstić information content (AvgIpc) is 2.95. The number of hydrogen-bond donors (Lipinski definition) is 0. The van der Waals surface area contributed by atoms with Gasteiger partial charge in [-0.1, -0.05) is 18.2 Å². The average molecular weight is 553 g/mol. The van der Waals surface area contributed by atoms with Gasteiger partial charge in [-0.2, -0.15) is 0 Å². The largest absolute Gasteiger partial charge is 0.494 e. The van der Waals surface area contributed by atoms with Gasteiger partial charge in [0.15, 0.2) is 11.5 Å². The third kappa shape index (κ3) is 9.50. The van der Waals surface area contributed by atoms with Gasteiger partial charge < -0.3 is 23.7 Å². The van der Waals surface area contributed by atoms with Crippen LogP contribution in [0.15, 0.2) is 79.4 Å². The molecule has 0 aliphatic rings. The van der Waals surface area contributed by atoms with Crippen LogP contribution in [0.1, 0.15) is 46.4 Å². The van der Waals surface area contributed by atoms with Gasteiger partial charge in [-0.25, -0.2) is 14.4 Å². The Balaban J connectivity index is 1.46. The number of carbonyl (C=O) groups excluding carboxylic acids is 3. The Bertz CT molecular complexity index is 1270. The van der Waals surface area contributed by atoms with E-state index in [4.69, 9.17) is 35.3 Å². The van der Waals surface area contributed by atoms with Crippen molar-refractivity contribution in [2.75, 3.05) is 20.3 Å². The fourth-order valence-electron chi connectivity index (χ4n) is 3.37. The van der Waals surface area contributed by atoms with Crippen molar-refractivity contribution in [1.29, 1.82) is 0 Å². The topological polar surface area (TPSA) is 97.4 Å². The monoisotopic (exact) mass is 552 g/mol. The molecule has 204 valence electrons. The molecule has 0 radical (unpaired) electrons. The summed E-state index contributed by atoms with van der Waals surface area (Å²) in [6.45, 7) is 4.26. The maximum absolute atomic E-state index is 12.7. The normalized spacial score (nSPS) is 10.3. The fraction of sp³-hybridized carbons (Fsp3) is 0.233. The molecular formula is C30H29ClO8. The Kier molecular flexibility index (Phi) is 11.4. The van der Waals surface area contributed by atoms with E-state index in [1.807, 2.05) is 0 Å². The van der Waals surface area contributed by atoms with Gasteiger partial charge in [0, 0.05) is 11.1 Å². The lowest BCUT2D eigenvalue weighted by atomic mass is 10.2. The van der Waals surface area contributed by atoms with Crippen LogP contribution in [0, 0.1) is 0 Å². The number of esters is 3. The predicted octanol–water partition coefficient (Wildman–Crippen LogP) is 6.46. The van der Waals surface area contributed by atoms with Gasteiger partial charge in [-0.15, -0.1) is 0 Å². The number of carbonyl (C=O) groups is 3. The number of methoxy groups -OCH3 is 1. The van der Waals surface area contributed by atoms with Crippen molar-refractivity contribution < 1.29 is 38.1 Å². The highest BCUT2D eigenvalue weighted by molar-refractivity contribution is 6.30. The summed E-state index contributed by atoms with van der Waals surface area (Å²) in [6.07, 6.45) is 4.65. The number of hydrogen-bond acceptors (Lipinski definition) is 8. The van der Waals surface area contributed by atoms with Crippen molar-refractivity contribution in [3.63, 3.8) is 0 Å². The quantitative estimate of drug-likeness (QED) is 0.0973. The molecule has 0 N–H and O–H groups in total. The summed E-state index contributed by atoms with van der Waals surface area (Å²) in [5.74, 6) is -0.261. The third-order valence-electron chi connectivity index (χ3n) is 5.43. The molecule has 0 heterocycles. The zero-order chi connectivity index (χ0) is 28.0. The first kappa shape index (κ1) is 29.3. The summed E-state index contributed by atoms with van der Waals surface area (Å²) in [5.41, 5.74) is 0.545. The molecule has 0 spiro atoms. The number of unbranched alkanes of at least 4 members (excludes halogenated alkanes) is 3. The van der Waals surface area contributed by atoms with E-state index < -0.39 is 17.9 Å². The minimum atomic E-state index is -0.599. The molecule has 8 nitrogen and oxygen atoms in total. The van der Waals surface area contributed by atoms with Gasteiger partial charge in [-0.3, -0.25) is 0 Å². The number of ether oxygens (including phenoxy) is 5. The molecule has 3 rings (SSSR count). The second-order valence-electron chi connectivity index (χ2n) is 8.26. The van der Waals surface area contributed by atoms with E-state index in [2.05, 4.69) is 6.58 Å². The summed E-state index contributed by atoms with van der Waals surface area (Å²) < 4.78 is 26.8. The molecule has 0 saturated heterocycles. The molecule has 9 heteroatoms. The molecule has 0 unspecified atom stereocenters. The van der Waals surface area contributed by atoms with Crippen molar-refractivity contribution in [1.82, 2.24) is 0 Å². The standard InChI is InChI=1S/C30H29ClO8/c1-3-28(32)37-19-7-5-4-6-18-36-24-13-8-21(9-14-24)29(33)39-26-17-10-22(20-27(26)35-2)30(34)38-25-15-11-23(31)12-16-25/h3,8-17,20H,1,4-7,18-19H2,2H3. The van der Waals surface area contributed by atoms with E-state index in [-0.39, 0.29) is 17.1 Å². The SMILES string of the molecule is C=CC(=O)OCCCCCCOc1ccc(C(=O)Oc2ccc(C(=O)Oc3ccc(Cl)cc3)cc2OC)cc1. The van der Waals surface area contributed by atoms with E-state index in [0.29, 0.717) is 35.3 Å². The van der Waals surface area contributed by atoms with Gasteiger partial charge in [0.1, 0.15) is 11.5 Å². The highest BCUT2D eigenvalue weighted by atomic mass is 35.5. The zero-order valence-corrected chi connectivity index (χ0v) is 22.3. The van der Waals surface area contributed by atoms with Crippen LogP contribution in [-0.4, -0.2) is 38.2 Å². The second kappa shape index (κ2) is 15.2. The molecule has 3 aromatic carbocycles. The molecule has 0 aromatic heterocycles. The highest BCUT2D eigenvalue weighted by Gasteiger charge is 2.17. The first-order valence-electron chi connectivity index (χ1n) is 12.3. The molecule has 39 heavy (non-hydrogen) atoms. The lowest BCUT2D eigenvalue weighted by molar-refractivity contribution is -0.137. The summed E-state index contributed by atoms with van der Waals surface area (Å²) in [5, 5.41) is 0.527. The predicted molar refractivity (Wildman–Crippen MR) is 146 cm³/mol. The van der Waals surface area contributed by atoms with Crippen LogP contribution in [0.3, 0.4) is 0 Å². The zero-order valence-electron chi connectivity index (χ0n) is 21.5. The van der Waals surface area contributed by atoms with Crippen LogP contribution in [-0.2, 0) is 9.53 Å². The Labute approximate surface area is 232 Å². The number of halogens is 1. The molecule has 0 amide bonds. The van der Waals surface area contributed by atoms with Crippen LogP contribution in [0.5, 0.6) is 23.0 Å². The van der Waals surface area contributed by atoms with Gasteiger partial charge >= 0.3 is 17.9 Å². The van der Waals surface area contributed by atoms with Gasteiger partial charge in [0.05, 0.1) is 31.5 Å². The fourth-order valence-corrected chi connectivity index (χ4v) is 3.50. The molecule has 0 aliphatic carbocycles. The molecule has 0 saturated carbocycles. The van der Waals surface area contributed by atoms with Gasteiger partial charge in [0.2, 0.25) is 0 Å². The minimum absolute atomic E-state index is 0.158. The van der Waals surface area contributed by atoms with Crippen molar-refractivity contribution in [3.05, 3.63) is 95.5 Å². The van der Waals surface area contributed by atoms with E-state index in [1.54, 1.807) is 48.5 Å². The first-order chi connectivity index (χ1) is 18.9. The Morgan fingerprint density at radius 1 is 0.744 bits per heavy atom. The maximum Gasteiger partial charge on any atom is 0.343 e. The van der Waals surface area contributed by atoms with Crippen molar-refractivity contribution >= 4 is 29.5 Å². The van der Waals surface area contributed by atoms with E-state index in [1.165, 1.54) is 25.3 Å². The Morgan fingerprint density at radius 3 is 2.03 bits per heavy atom. The summed E-state index contributed by atoms with van der Waals surface area (Å²) >= 11 is 5.85. The molecular weight excluding hydrogens is 524 g/mol.